The van der Waals surface area contributed by atoms with E-state index >= 15 is 0 Å². The van der Waals surface area contributed by atoms with Gasteiger partial charge in [-0.2, -0.15) is 0 Å². The molecule has 0 aliphatic carbocycles. The van der Waals surface area contributed by atoms with Crippen molar-refractivity contribution in [2.75, 3.05) is 18.0 Å². The largest absolute Gasteiger partial charge is 0.445 e. The van der Waals surface area contributed by atoms with E-state index in [4.69, 9.17) is 4.42 Å². The zero-order valence-corrected chi connectivity index (χ0v) is 13.8. The van der Waals surface area contributed by atoms with E-state index in [-0.39, 0.29) is 11.7 Å². The molecule has 3 heterocycles. The lowest BCUT2D eigenvalue weighted by atomic mass is 9.98. The number of halogens is 1. The summed E-state index contributed by atoms with van der Waals surface area (Å²) in [7, 11) is 0. The second-order valence-corrected chi connectivity index (χ2v) is 6.32. The first-order chi connectivity index (χ1) is 12.3. The smallest absolute Gasteiger partial charge is 0.199 e. The van der Waals surface area contributed by atoms with Gasteiger partial charge in [0.2, 0.25) is 0 Å². The second-order valence-electron chi connectivity index (χ2n) is 6.32. The molecule has 128 valence electrons. The van der Waals surface area contributed by atoms with Crippen molar-refractivity contribution in [1.29, 1.82) is 0 Å². The van der Waals surface area contributed by atoms with Crippen LogP contribution in [0.2, 0.25) is 0 Å². The predicted octanol–water partition coefficient (Wildman–Crippen LogP) is 3.58. The molecule has 0 bridgehead atoms. The van der Waals surface area contributed by atoms with Crippen LogP contribution in [0.5, 0.6) is 0 Å². The number of piperidine rings is 1. The van der Waals surface area contributed by atoms with E-state index in [2.05, 4.69) is 19.9 Å². The van der Waals surface area contributed by atoms with Crippen molar-refractivity contribution in [3.63, 3.8) is 0 Å². The summed E-state index contributed by atoms with van der Waals surface area (Å²) in [6.07, 6.45) is 7.74. The van der Waals surface area contributed by atoms with Gasteiger partial charge in [0.05, 0.1) is 12.1 Å². The van der Waals surface area contributed by atoms with E-state index in [1.165, 1.54) is 12.1 Å². The summed E-state index contributed by atoms with van der Waals surface area (Å²) in [6.45, 7) is 1.81. The van der Waals surface area contributed by atoms with E-state index in [0.29, 0.717) is 6.42 Å². The van der Waals surface area contributed by atoms with E-state index in [1.807, 2.05) is 12.1 Å². The summed E-state index contributed by atoms with van der Waals surface area (Å²) < 4.78 is 19.3. The monoisotopic (exact) mass is 338 g/mol. The predicted molar refractivity (Wildman–Crippen MR) is 91.9 cm³/mol. The van der Waals surface area contributed by atoms with Gasteiger partial charge in [-0.1, -0.05) is 12.1 Å². The Labute approximate surface area is 145 Å². The molecule has 1 aliphatic heterocycles. The van der Waals surface area contributed by atoms with Gasteiger partial charge in [-0.15, -0.1) is 0 Å². The minimum atomic E-state index is -0.231. The average molecular weight is 338 g/mol. The highest BCUT2D eigenvalue weighted by atomic mass is 19.1. The minimum Gasteiger partial charge on any atom is -0.445 e. The van der Waals surface area contributed by atoms with Crippen molar-refractivity contribution in [2.45, 2.75) is 25.2 Å². The maximum atomic E-state index is 13.3. The Morgan fingerprint density at radius 3 is 3.04 bits per heavy atom. The average Bonchev–Trinajstić information content (AvgIpc) is 3.11. The Kier molecular flexibility index (Phi) is 4.41. The number of rotatable bonds is 4. The summed E-state index contributed by atoms with van der Waals surface area (Å²) >= 11 is 0. The molecule has 1 saturated heterocycles. The molecule has 3 aromatic rings. The molecule has 0 radical (unpaired) electrons. The molecule has 1 atom stereocenters. The molecule has 1 aromatic carbocycles. The SMILES string of the molecule is Fc1cccc(Cc2cnc(C3CCCN(c4ccncn4)C3)o2)c1. The maximum absolute atomic E-state index is 13.3. The molecule has 6 heteroatoms. The van der Waals surface area contributed by atoms with Crippen LogP contribution in [0.1, 0.15) is 36.0 Å². The minimum absolute atomic E-state index is 0.231. The van der Waals surface area contributed by atoms with Crippen LogP contribution in [0.4, 0.5) is 10.2 Å². The summed E-state index contributed by atoms with van der Waals surface area (Å²) in [5, 5.41) is 0. The molecule has 1 unspecified atom stereocenters. The molecular formula is C19H19FN4O. The number of benzene rings is 1. The number of hydrogen-bond donors (Lipinski definition) is 0. The first kappa shape index (κ1) is 15.7. The summed E-state index contributed by atoms with van der Waals surface area (Å²) in [5.74, 6) is 2.46. The van der Waals surface area contributed by atoms with Crippen molar-refractivity contribution in [2.24, 2.45) is 0 Å². The van der Waals surface area contributed by atoms with E-state index in [1.54, 1.807) is 24.8 Å². The zero-order chi connectivity index (χ0) is 17.1. The fourth-order valence-corrected chi connectivity index (χ4v) is 3.30. The van der Waals surface area contributed by atoms with Crippen molar-refractivity contribution < 1.29 is 8.81 Å². The van der Waals surface area contributed by atoms with Gasteiger partial charge in [-0.3, -0.25) is 0 Å². The molecule has 0 saturated carbocycles. The third-order valence-electron chi connectivity index (χ3n) is 4.50. The molecular weight excluding hydrogens is 319 g/mol. The Bertz CT molecular complexity index is 836. The number of aromatic nitrogens is 3. The lowest BCUT2D eigenvalue weighted by molar-refractivity contribution is 0.384. The third-order valence-corrected chi connectivity index (χ3v) is 4.50. The molecule has 5 nitrogen and oxygen atoms in total. The Hall–Kier alpha value is -2.76. The van der Waals surface area contributed by atoms with Crippen LogP contribution in [0.3, 0.4) is 0 Å². The number of nitrogens with zero attached hydrogens (tertiary/aromatic N) is 4. The zero-order valence-electron chi connectivity index (χ0n) is 13.8. The molecule has 1 fully saturated rings. The van der Waals surface area contributed by atoms with Gasteiger partial charge in [0, 0.05) is 25.7 Å². The Balaban J connectivity index is 1.46. The van der Waals surface area contributed by atoms with E-state index < -0.39 is 0 Å². The van der Waals surface area contributed by atoms with Crippen LogP contribution < -0.4 is 4.90 Å². The van der Waals surface area contributed by atoms with Crippen molar-refractivity contribution in [3.8, 4) is 0 Å². The lowest BCUT2D eigenvalue weighted by Crippen LogP contribution is -2.35. The summed E-state index contributed by atoms with van der Waals surface area (Å²) in [4.78, 5) is 15.0. The fourth-order valence-electron chi connectivity index (χ4n) is 3.30. The highest BCUT2D eigenvalue weighted by Crippen LogP contribution is 2.29. The topological polar surface area (TPSA) is 55.1 Å². The van der Waals surface area contributed by atoms with Gasteiger partial charge >= 0.3 is 0 Å². The van der Waals surface area contributed by atoms with E-state index in [0.717, 1.165) is 49.0 Å². The van der Waals surface area contributed by atoms with Crippen LogP contribution in [0.25, 0.3) is 0 Å². The molecule has 0 amide bonds. The standard InChI is InChI=1S/C19H19FN4O/c20-16-5-1-3-14(9-16)10-17-11-22-19(25-17)15-4-2-8-24(12-15)18-6-7-21-13-23-18/h1,3,5-7,9,11,13,15H,2,4,8,10,12H2. The Morgan fingerprint density at radius 2 is 2.20 bits per heavy atom. The summed E-state index contributed by atoms with van der Waals surface area (Å²) in [5.41, 5.74) is 0.883. The van der Waals surface area contributed by atoms with Crippen molar-refractivity contribution >= 4 is 5.82 Å². The van der Waals surface area contributed by atoms with Crippen LogP contribution in [-0.2, 0) is 6.42 Å². The molecule has 25 heavy (non-hydrogen) atoms. The summed E-state index contributed by atoms with van der Waals surface area (Å²) in [6, 6.07) is 8.50. The van der Waals surface area contributed by atoms with Crippen LogP contribution in [-0.4, -0.2) is 28.0 Å². The Morgan fingerprint density at radius 1 is 1.24 bits per heavy atom. The van der Waals surface area contributed by atoms with Gasteiger partial charge in [0.25, 0.3) is 0 Å². The van der Waals surface area contributed by atoms with Crippen LogP contribution >= 0.6 is 0 Å². The molecule has 2 aromatic heterocycles. The van der Waals surface area contributed by atoms with Gasteiger partial charge in [0.15, 0.2) is 5.89 Å². The fraction of sp³-hybridized carbons (Fsp3) is 0.316. The first-order valence-corrected chi connectivity index (χ1v) is 8.48. The molecule has 1 aliphatic rings. The maximum Gasteiger partial charge on any atom is 0.199 e. The lowest BCUT2D eigenvalue weighted by Gasteiger charge is -2.31. The number of hydrogen-bond acceptors (Lipinski definition) is 5. The highest BCUT2D eigenvalue weighted by molar-refractivity contribution is 5.37. The second kappa shape index (κ2) is 7.01. The van der Waals surface area contributed by atoms with Gasteiger partial charge in [-0.25, -0.2) is 19.3 Å². The van der Waals surface area contributed by atoms with Crippen molar-refractivity contribution in [3.05, 3.63) is 72.1 Å². The first-order valence-electron chi connectivity index (χ1n) is 8.48. The van der Waals surface area contributed by atoms with Gasteiger partial charge in [-0.05, 0) is 36.6 Å². The van der Waals surface area contributed by atoms with Crippen molar-refractivity contribution in [1.82, 2.24) is 15.0 Å². The quantitative estimate of drug-likeness (QED) is 0.728. The highest BCUT2D eigenvalue weighted by Gasteiger charge is 2.25. The van der Waals surface area contributed by atoms with Crippen LogP contribution in [0, 0.1) is 5.82 Å². The third kappa shape index (κ3) is 3.68. The van der Waals surface area contributed by atoms with Crippen LogP contribution in [0.15, 0.2) is 53.5 Å². The normalized spacial score (nSPS) is 17.6. The van der Waals surface area contributed by atoms with Gasteiger partial charge in [0.1, 0.15) is 23.7 Å². The molecule has 0 N–H and O–H groups in total. The van der Waals surface area contributed by atoms with E-state index in [9.17, 15) is 4.39 Å². The molecule has 0 spiro atoms. The number of oxazole rings is 1. The van der Waals surface area contributed by atoms with Gasteiger partial charge < -0.3 is 9.32 Å². The number of anilines is 1. The molecule has 4 rings (SSSR count).